The molecule has 0 amide bonds. The van der Waals surface area contributed by atoms with Gasteiger partial charge in [-0.15, -0.1) is 0 Å². The molecule has 17 heavy (non-hydrogen) atoms. The molecule has 0 aliphatic rings. The average Bonchev–Trinajstić information content (AvgIpc) is 2.30. The van der Waals surface area contributed by atoms with Gasteiger partial charge in [0.1, 0.15) is 5.54 Å². The van der Waals surface area contributed by atoms with Gasteiger partial charge in [0.05, 0.1) is 0 Å². The first-order valence-corrected chi connectivity index (χ1v) is 6.53. The van der Waals surface area contributed by atoms with Gasteiger partial charge in [-0.2, -0.15) is 0 Å². The van der Waals surface area contributed by atoms with Crippen LogP contribution < -0.4 is 5.32 Å². The van der Waals surface area contributed by atoms with E-state index in [4.69, 9.17) is 5.11 Å². The zero-order chi connectivity index (χ0) is 13.5. The molecule has 0 aliphatic carbocycles. The van der Waals surface area contributed by atoms with Crippen LogP contribution in [0.4, 0.5) is 0 Å². The number of carboxylic acid groups (broad SMARTS) is 1. The van der Waals surface area contributed by atoms with Crippen molar-refractivity contribution < 1.29 is 9.90 Å². The third-order valence-corrected chi connectivity index (χ3v) is 3.78. The first kappa shape index (κ1) is 16.4. The number of likely N-dealkylation sites (N-methyl/N-ethyl adjacent to an activating group) is 1. The van der Waals surface area contributed by atoms with Gasteiger partial charge in [-0.3, -0.25) is 4.79 Å². The summed E-state index contributed by atoms with van der Waals surface area (Å²) in [6.07, 6.45) is 3.85. The third kappa shape index (κ3) is 5.04. The van der Waals surface area contributed by atoms with Crippen molar-refractivity contribution in [2.45, 2.75) is 58.0 Å². The van der Waals surface area contributed by atoms with E-state index in [-0.39, 0.29) is 0 Å². The molecule has 0 spiro atoms. The summed E-state index contributed by atoms with van der Waals surface area (Å²) in [6, 6.07) is 0.612. The molecule has 0 heterocycles. The molecular formula is C13H28N2O2. The number of hydrogen-bond donors (Lipinski definition) is 2. The molecular weight excluding hydrogens is 216 g/mol. The largest absolute Gasteiger partial charge is 0.480 e. The zero-order valence-corrected chi connectivity index (χ0v) is 11.9. The monoisotopic (exact) mass is 244 g/mol. The van der Waals surface area contributed by atoms with E-state index in [1.807, 2.05) is 0 Å². The van der Waals surface area contributed by atoms with Crippen LogP contribution in [-0.2, 0) is 4.79 Å². The van der Waals surface area contributed by atoms with Crippen LogP contribution in [0, 0.1) is 0 Å². The van der Waals surface area contributed by atoms with Crippen LogP contribution in [0.15, 0.2) is 0 Å². The lowest BCUT2D eigenvalue weighted by molar-refractivity contribution is -0.144. The third-order valence-electron chi connectivity index (χ3n) is 3.78. The normalized spacial score (nSPS) is 15.2. The van der Waals surface area contributed by atoms with Gasteiger partial charge in [0, 0.05) is 6.04 Å². The first-order chi connectivity index (χ1) is 7.91. The Balaban J connectivity index is 4.09. The van der Waals surface area contributed by atoms with Crippen molar-refractivity contribution in [2.24, 2.45) is 0 Å². The zero-order valence-electron chi connectivity index (χ0n) is 11.9. The molecule has 0 fully saturated rings. The number of nitrogens with zero attached hydrogens (tertiary/aromatic N) is 1. The predicted molar refractivity (Wildman–Crippen MR) is 71.3 cm³/mol. The topological polar surface area (TPSA) is 52.6 Å². The minimum absolute atomic E-state index is 0.612. The van der Waals surface area contributed by atoms with E-state index in [9.17, 15) is 4.79 Å². The highest BCUT2D eigenvalue weighted by atomic mass is 16.4. The molecule has 0 aromatic carbocycles. The van der Waals surface area contributed by atoms with E-state index in [0.29, 0.717) is 12.5 Å². The summed E-state index contributed by atoms with van der Waals surface area (Å²) in [4.78, 5) is 13.4. The van der Waals surface area contributed by atoms with Gasteiger partial charge in [-0.25, -0.2) is 0 Å². The summed E-state index contributed by atoms with van der Waals surface area (Å²) in [5, 5.41) is 12.0. The lowest BCUT2D eigenvalue weighted by atomic mass is 9.96. The molecule has 4 nitrogen and oxygen atoms in total. The van der Waals surface area contributed by atoms with E-state index in [1.165, 1.54) is 0 Å². The number of rotatable bonds is 9. The second-order valence-corrected chi connectivity index (χ2v) is 4.94. The predicted octanol–water partition coefficient (Wildman–Crippen LogP) is 1.95. The fourth-order valence-corrected chi connectivity index (χ4v) is 2.12. The molecule has 1 atom stereocenters. The van der Waals surface area contributed by atoms with Gasteiger partial charge < -0.3 is 15.3 Å². The fraction of sp³-hybridized carbons (Fsp3) is 0.923. The summed E-state index contributed by atoms with van der Waals surface area (Å²) in [7, 11) is 3.83. The van der Waals surface area contributed by atoms with E-state index >= 15 is 0 Å². The summed E-state index contributed by atoms with van der Waals surface area (Å²) in [5.41, 5.74) is -0.797. The number of carboxylic acids is 1. The summed E-state index contributed by atoms with van der Waals surface area (Å²) < 4.78 is 0. The van der Waals surface area contributed by atoms with Gasteiger partial charge in [-0.1, -0.05) is 13.8 Å². The Morgan fingerprint density at radius 3 is 2.29 bits per heavy atom. The van der Waals surface area contributed by atoms with E-state index in [1.54, 1.807) is 14.0 Å². The van der Waals surface area contributed by atoms with Crippen molar-refractivity contribution in [3.8, 4) is 0 Å². The van der Waals surface area contributed by atoms with Gasteiger partial charge in [0.25, 0.3) is 0 Å². The molecule has 0 aromatic rings. The van der Waals surface area contributed by atoms with Crippen molar-refractivity contribution in [2.75, 3.05) is 20.6 Å². The minimum Gasteiger partial charge on any atom is -0.480 e. The van der Waals surface area contributed by atoms with Crippen LogP contribution in [-0.4, -0.2) is 48.2 Å². The van der Waals surface area contributed by atoms with Gasteiger partial charge in [-0.05, 0) is 53.2 Å². The molecule has 0 radical (unpaired) electrons. The lowest BCUT2D eigenvalue weighted by Gasteiger charge is -2.28. The second kappa shape index (κ2) is 7.67. The summed E-state index contributed by atoms with van der Waals surface area (Å²) in [6.45, 7) is 7.09. The smallest absolute Gasteiger partial charge is 0.323 e. The van der Waals surface area contributed by atoms with Crippen LogP contribution in [0.25, 0.3) is 0 Å². The van der Waals surface area contributed by atoms with Crippen molar-refractivity contribution in [3.05, 3.63) is 0 Å². The maximum atomic E-state index is 11.1. The highest BCUT2D eigenvalue weighted by Crippen LogP contribution is 2.14. The molecule has 0 aliphatic heterocycles. The molecule has 2 N–H and O–H groups in total. The Hall–Kier alpha value is -0.610. The second-order valence-electron chi connectivity index (χ2n) is 4.94. The van der Waals surface area contributed by atoms with Crippen molar-refractivity contribution >= 4 is 5.97 Å². The Morgan fingerprint density at radius 2 is 1.94 bits per heavy atom. The number of carbonyl (C=O) groups is 1. The Labute approximate surface area is 105 Å². The highest BCUT2D eigenvalue weighted by Gasteiger charge is 2.30. The summed E-state index contributed by atoms with van der Waals surface area (Å²) >= 11 is 0. The molecule has 102 valence electrons. The number of hydrogen-bond acceptors (Lipinski definition) is 3. The van der Waals surface area contributed by atoms with E-state index in [0.717, 1.165) is 25.8 Å². The van der Waals surface area contributed by atoms with Crippen molar-refractivity contribution in [1.29, 1.82) is 0 Å². The molecule has 0 bridgehead atoms. The van der Waals surface area contributed by atoms with Gasteiger partial charge in [0.2, 0.25) is 0 Å². The molecule has 0 saturated heterocycles. The molecule has 0 saturated carbocycles. The van der Waals surface area contributed by atoms with Crippen LogP contribution >= 0.6 is 0 Å². The first-order valence-electron chi connectivity index (χ1n) is 6.53. The quantitative estimate of drug-likeness (QED) is 0.651. The summed E-state index contributed by atoms with van der Waals surface area (Å²) in [5.74, 6) is -0.773. The standard InChI is InChI=1S/C13H28N2O2/c1-6-11(7-2)15(5)10-8-9-13(3,14-4)12(16)17/h11,14H,6-10H2,1-5H3,(H,16,17). The number of nitrogens with one attached hydrogen (secondary N) is 1. The van der Waals surface area contributed by atoms with Crippen LogP contribution in [0.5, 0.6) is 0 Å². The van der Waals surface area contributed by atoms with E-state index in [2.05, 4.69) is 31.1 Å². The van der Waals surface area contributed by atoms with Gasteiger partial charge in [0.15, 0.2) is 0 Å². The average molecular weight is 244 g/mol. The van der Waals surface area contributed by atoms with Crippen molar-refractivity contribution in [1.82, 2.24) is 10.2 Å². The molecule has 4 heteroatoms. The fourth-order valence-electron chi connectivity index (χ4n) is 2.12. The molecule has 0 rings (SSSR count). The maximum Gasteiger partial charge on any atom is 0.323 e. The Kier molecular flexibility index (Phi) is 7.39. The SMILES string of the molecule is CCC(CC)N(C)CCCC(C)(NC)C(=O)O. The molecule has 1 unspecified atom stereocenters. The van der Waals surface area contributed by atoms with E-state index < -0.39 is 11.5 Å². The van der Waals surface area contributed by atoms with Crippen LogP contribution in [0.3, 0.4) is 0 Å². The number of aliphatic carboxylic acids is 1. The Bertz CT molecular complexity index is 229. The lowest BCUT2D eigenvalue weighted by Crippen LogP contribution is -2.48. The maximum absolute atomic E-state index is 11.1. The minimum atomic E-state index is -0.797. The van der Waals surface area contributed by atoms with Gasteiger partial charge >= 0.3 is 5.97 Å². The Morgan fingerprint density at radius 1 is 1.41 bits per heavy atom. The van der Waals surface area contributed by atoms with Crippen molar-refractivity contribution in [3.63, 3.8) is 0 Å². The highest BCUT2D eigenvalue weighted by molar-refractivity contribution is 5.78. The molecule has 0 aromatic heterocycles. The van der Waals surface area contributed by atoms with Crippen LogP contribution in [0.2, 0.25) is 0 Å². The van der Waals surface area contributed by atoms with Crippen LogP contribution in [0.1, 0.15) is 46.5 Å².